The molecule has 1 aliphatic rings. The summed E-state index contributed by atoms with van der Waals surface area (Å²) in [4.78, 5) is 14.7. The second-order valence-electron chi connectivity index (χ2n) is 5.52. The summed E-state index contributed by atoms with van der Waals surface area (Å²) in [6, 6.07) is 13.3. The van der Waals surface area contributed by atoms with E-state index in [9.17, 15) is 4.79 Å². The maximum Gasteiger partial charge on any atom is 0.259 e. The molecule has 2 aromatic rings. The maximum atomic E-state index is 12.4. The zero-order valence-electron chi connectivity index (χ0n) is 12.9. The van der Waals surface area contributed by atoms with E-state index < -0.39 is 0 Å². The summed E-state index contributed by atoms with van der Waals surface area (Å²) < 4.78 is 5.24. The van der Waals surface area contributed by atoms with E-state index in [0.717, 1.165) is 18.7 Å². The van der Waals surface area contributed by atoms with Crippen LogP contribution in [0.5, 0.6) is 5.75 Å². The molecule has 1 heterocycles. The number of anilines is 2. The van der Waals surface area contributed by atoms with E-state index in [0.29, 0.717) is 11.3 Å². The zero-order valence-corrected chi connectivity index (χ0v) is 12.9. The Morgan fingerprint density at radius 1 is 1.23 bits per heavy atom. The van der Waals surface area contributed by atoms with Crippen LogP contribution in [-0.4, -0.2) is 26.6 Å². The minimum absolute atomic E-state index is 0.157. The normalized spacial score (nSPS) is 13.5. The topological polar surface area (TPSA) is 41.6 Å². The van der Waals surface area contributed by atoms with Gasteiger partial charge in [0.15, 0.2) is 0 Å². The molecule has 1 aliphatic heterocycles. The van der Waals surface area contributed by atoms with Crippen molar-refractivity contribution < 1.29 is 9.53 Å². The number of hydrogen-bond acceptors (Lipinski definition) is 3. The lowest BCUT2D eigenvalue weighted by Gasteiger charge is -2.28. The molecular formula is C18H20N2O2. The minimum Gasteiger partial charge on any atom is -0.496 e. The Morgan fingerprint density at radius 2 is 2.05 bits per heavy atom. The average molecular weight is 296 g/mol. The first-order valence-electron chi connectivity index (χ1n) is 7.47. The smallest absolute Gasteiger partial charge is 0.259 e. The fraction of sp³-hybridized carbons (Fsp3) is 0.278. The third-order valence-electron chi connectivity index (χ3n) is 4.05. The van der Waals surface area contributed by atoms with Crippen LogP contribution < -0.4 is 15.0 Å². The molecule has 0 aliphatic carbocycles. The number of amides is 1. The minimum atomic E-state index is -0.157. The monoisotopic (exact) mass is 296 g/mol. The number of methoxy groups -OCH3 is 1. The summed E-state index contributed by atoms with van der Waals surface area (Å²) in [7, 11) is 3.66. The van der Waals surface area contributed by atoms with Gasteiger partial charge in [-0.3, -0.25) is 4.79 Å². The number of rotatable bonds is 3. The third kappa shape index (κ3) is 2.77. The molecule has 0 spiro atoms. The first-order valence-corrected chi connectivity index (χ1v) is 7.47. The van der Waals surface area contributed by atoms with Crippen LogP contribution in [0, 0.1) is 0 Å². The highest BCUT2D eigenvalue weighted by atomic mass is 16.5. The van der Waals surface area contributed by atoms with E-state index in [4.69, 9.17) is 4.74 Å². The number of carbonyl (C=O) groups is 1. The van der Waals surface area contributed by atoms with Crippen molar-refractivity contribution in [1.29, 1.82) is 0 Å². The van der Waals surface area contributed by atoms with Crippen molar-refractivity contribution in [3.8, 4) is 5.75 Å². The lowest BCUT2D eigenvalue weighted by atomic mass is 10.0. The fourth-order valence-corrected chi connectivity index (χ4v) is 2.87. The Kier molecular flexibility index (Phi) is 4.00. The summed E-state index contributed by atoms with van der Waals surface area (Å²) in [6.07, 6.45) is 2.27. The van der Waals surface area contributed by atoms with Crippen molar-refractivity contribution in [3.63, 3.8) is 0 Å². The van der Waals surface area contributed by atoms with Crippen LogP contribution in [0.1, 0.15) is 22.3 Å². The van der Waals surface area contributed by atoms with Crippen LogP contribution in [-0.2, 0) is 6.42 Å². The summed E-state index contributed by atoms with van der Waals surface area (Å²) in [5, 5.41) is 2.96. The molecule has 1 amide bonds. The molecule has 0 radical (unpaired) electrons. The second-order valence-corrected chi connectivity index (χ2v) is 5.52. The number of hydrogen-bond donors (Lipinski definition) is 1. The lowest BCUT2D eigenvalue weighted by molar-refractivity contribution is 0.102. The number of nitrogens with zero attached hydrogens (tertiary/aromatic N) is 1. The Morgan fingerprint density at radius 3 is 2.86 bits per heavy atom. The molecule has 0 aromatic heterocycles. The molecular weight excluding hydrogens is 276 g/mol. The summed E-state index contributed by atoms with van der Waals surface area (Å²) >= 11 is 0. The van der Waals surface area contributed by atoms with Crippen molar-refractivity contribution in [2.24, 2.45) is 0 Å². The Balaban J connectivity index is 1.84. The van der Waals surface area contributed by atoms with Gasteiger partial charge in [-0.2, -0.15) is 0 Å². The van der Waals surface area contributed by atoms with Gasteiger partial charge in [0.25, 0.3) is 5.91 Å². The van der Waals surface area contributed by atoms with Gasteiger partial charge in [-0.1, -0.05) is 18.2 Å². The number of benzene rings is 2. The summed E-state index contributed by atoms with van der Waals surface area (Å²) in [5.41, 5.74) is 3.88. The molecule has 0 bridgehead atoms. The van der Waals surface area contributed by atoms with Crippen molar-refractivity contribution in [3.05, 3.63) is 53.6 Å². The van der Waals surface area contributed by atoms with Gasteiger partial charge in [-0.15, -0.1) is 0 Å². The molecule has 0 saturated carbocycles. The number of nitrogens with one attached hydrogen (secondary N) is 1. The van der Waals surface area contributed by atoms with Crippen LogP contribution in [0.4, 0.5) is 11.4 Å². The molecule has 114 valence electrons. The molecule has 1 N–H and O–H groups in total. The first-order chi connectivity index (χ1) is 10.7. The van der Waals surface area contributed by atoms with E-state index >= 15 is 0 Å². The Bertz CT molecular complexity index is 697. The van der Waals surface area contributed by atoms with Crippen LogP contribution in [0.15, 0.2) is 42.5 Å². The van der Waals surface area contributed by atoms with Crippen LogP contribution in [0.2, 0.25) is 0 Å². The molecule has 22 heavy (non-hydrogen) atoms. The summed E-state index contributed by atoms with van der Waals surface area (Å²) in [5.74, 6) is 0.422. The predicted molar refractivity (Wildman–Crippen MR) is 89.0 cm³/mol. The largest absolute Gasteiger partial charge is 0.496 e. The second kappa shape index (κ2) is 6.10. The van der Waals surface area contributed by atoms with Gasteiger partial charge >= 0.3 is 0 Å². The lowest BCUT2D eigenvalue weighted by Crippen LogP contribution is -2.25. The SMILES string of the molecule is COc1ccccc1C(=O)Nc1ccc2c(c1)N(C)CCC2. The first kappa shape index (κ1) is 14.4. The van der Waals surface area contributed by atoms with Crippen molar-refractivity contribution in [1.82, 2.24) is 0 Å². The number of para-hydroxylation sites is 1. The predicted octanol–water partition coefficient (Wildman–Crippen LogP) is 3.33. The van der Waals surface area contributed by atoms with E-state index in [1.54, 1.807) is 19.2 Å². The number of carbonyl (C=O) groups excluding carboxylic acids is 1. The Labute approximate surface area is 130 Å². The quantitative estimate of drug-likeness (QED) is 0.944. The maximum absolute atomic E-state index is 12.4. The highest BCUT2D eigenvalue weighted by Crippen LogP contribution is 2.29. The van der Waals surface area contributed by atoms with Crippen LogP contribution in [0.25, 0.3) is 0 Å². The molecule has 2 aromatic carbocycles. The average Bonchev–Trinajstić information content (AvgIpc) is 2.55. The van der Waals surface area contributed by atoms with Gasteiger partial charge in [-0.25, -0.2) is 0 Å². The van der Waals surface area contributed by atoms with Crippen molar-refractivity contribution in [2.45, 2.75) is 12.8 Å². The molecule has 0 unspecified atom stereocenters. The standard InChI is InChI=1S/C18H20N2O2/c1-20-11-5-6-13-9-10-14(12-16(13)20)19-18(21)15-7-3-4-8-17(15)22-2/h3-4,7-10,12H,5-6,11H2,1-2H3,(H,19,21). The molecule has 4 heteroatoms. The van der Waals surface area contributed by atoms with Crippen LogP contribution >= 0.6 is 0 Å². The van der Waals surface area contributed by atoms with Gasteiger partial charge in [0.05, 0.1) is 12.7 Å². The molecule has 0 fully saturated rings. The van der Waals surface area contributed by atoms with Gasteiger partial charge in [0.1, 0.15) is 5.75 Å². The molecule has 4 nitrogen and oxygen atoms in total. The Hall–Kier alpha value is -2.49. The molecule has 0 saturated heterocycles. The van der Waals surface area contributed by atoms with E-state index in [2.05, 4.69) is 23.3 Å². The van der Waals surface area contributed by atoms with Gasteiger partial charge in [0.2, 0.25) is 0 Å². The fourth-order valence-electron chi connectivity index (χ4n) is 2.87. The summed E-state index contributed by atoms with van der Waals surface area (Å²) in [6.45, 7) is 1.05. The third-order valence-corrected chi connectivity index (χ3v) is 4.05. The van der Waals surface area contributed by atoms with Gasteiger partial charge in [0, 0.05) is 25.0 Å². The molecule has 3 rings (SSSR count). The number of fused-ring (bicyclic) bond motifs is 1. The zero-order chi connectivity index (χ0) is 15.5. The number of ether oxygens (including phenoxy) is 1. The van der Waals surface area contributed by atoms with E-state index in [-0.39, 0.29) is 5.91 Å². The van der Waals surface area contributed by atoms with E-state index in [1.165, 1.54) is 17.7 Å². The van der Waals surface area contributed by atoms with Crippen molar-refractivity contribution in [2.75, 3.05) is 30.9 Å². The van der Waals surface area contributed by atoms with Gasteiger partial charge < -0.3 is 15.0 Å². The number of aryl methyl sites for hydroxylation is 1. The highest BCUT2D eigenvalue weighted by Gasteiger charge is 2.16. The van der Waals surface area contributed by atoms with Gasteiger partial charge in [-0.05, 0) is 42.7 Å². The van der Waals surface area contributed by atoms with Crippen molar-refractivity contribution >= 4 is 17.3 Å². The molecule has 0 atom stereocenters. The highest BCUT2D eigenvalue weighted by molar-refractivity contribution is 6.06. The van der Waals surface area contributed by atoms with Crippen LogP contribution in [0.3, 0.4) is 0 Å². The van der Waals surface area contributed by atoms with E-state index in [1.807, 2.05) is 24.3 Å².